The molecule has 10 heteroatoms. The van der Waals surface area contributed by atoms with Gasteiger partial charge < -0.3 is 10.6 Å². The first kappa shape index (κ1) is 29.3. The molecule has 2 aromatic heterocycles. The first-order valence-electron chi connectivity index (χ1n) is 14.6. The van der Waals surface area contributed by atoms with Crippen LogP contribution in [0.15, 0.2) is 144 Å². The van der Waals surface area contributed by atoms with Crippen LogP contribution in [0.5, 0.6) is 0 Å². The Bertz CT molecular complexity index is 1750. The summed E-state index contributed by atoms with van der Waals surface area (Å²) in [7, 11) is 0. The van der Waals surface area contributed by atoms with E-state index in [1.807, 2.05) is 134 Å². The molecule has 6 rings (SSSR count). The molecule has 0 aliphatic rings. The van der Waals surface area contributed by atoms with Crippen molar-refractivity contribution in [2.45, 2.75) is 31.8 Å². The van der Waals surface area contributed by atoms with E-state index in [0.29, 0.717) is 36.7 Å². The number of hydrogen-bond donors (Lipinski definition) is 1. The largest absolute Gasteiger partial charge is 0.351 e. The van der Waals surface area contributed by atoms with E-state index in [9.17, 15) is 0 Å². The second-order valence-corrected chi connectivity index (χ2v) is 10.5. The van der Waals surface area contributed by atoms with Crippen LogP contribution in [0.2, 0.25) is 0 Å². The Balaban J connectivity index is 1.44. The molecule has 0 amide bonds. The van der Waals surface area contributed by atoms with Crippen LogP contribution < -0.4 is 5.84 Å². The molecule has 0 aliphatic heterocycles. The number of benzene rings is 4. The van der Waals surface area contributed by atoms with Crippen molar-refractivity contribution < 1.29 is 4.74 Å². The van der Waals surface area contributed by atoms with Crippen LogP contribution in [0.3, 0.4) is 0 Å². The Morgan fingerprint density at radius 2 is 1.09 bits per heavy atom. The van der Waals surface area contributed by atoms with Gasteiger partial charge in [0.05, 0.1) is 38.6 Å². The quantitative estimate of drug-likeness (QED) is 0.114. The summed E-state index contributed by atoms with van der Waals surface area (Å²) < 4.78 is 10.4. The Kier molecular flexibility index (Phi) is 9.23. The second-order valence-electron chi connectivity index (χ2n) is 10.5. The highest BCUT2D eigenvalue weighted by molar-refractivity contribution is 6.35. The van der Waals surface area contributed by atoms with Gasteiger partial charge in [0, 0.05) is 6.21 Å². The van der Waals surface area contributed by atoms with Gasteiger partial charge in [0.1, 0.15) is 17.1 Å². The van der Waals surface area contributed by atoms with Crippen molar-refractivity contribution in [2.24, 2.45) is 15.9 Å². The highest BCUT2D eigenvalue weighted by Crippen LogP contribution is 2.34. The molecule has 0 radical (unpaired) electrons. The first-order chi connectivity index (χ1) is 22.2. The number of nitrogens with two attached hydrogens (primary N) is 1. The fourth-order valence-electron chi connectivity index (χ4n) is 5.03. The van der Waals surface area contributed by atoms with Crippen LogP contribution >= 0.6 is 0 Å². The predicted octanol–water partition coefficient (Wildman–Crippen LogP) is 5.01. The topological polar surface area (TPSA) is 121 Å². The third kappa shape index (κ3) is 7.09. The maximum absolute atomic E-state index is 6.84. The minimum Gasteiger partial charge on any atom is -0.351 e. The van der Waals surface area contributed by atoms with Gasteiger partial charge in [0.2, 0.25) is 5.60 Å². The fraction of sp³-hybridized carbons (Fsp3) is 0.143. The zero-order chi connectivity index (χ0) is 30.7. The number of hydrazone groups is 1. The van der Waals surface area contributed by atoms with E-state index < -0.39 is 5.60 Å². The Hall–Kier alpha value is -5.74. The summed E-state index contributed by atoms with van der Waals surface area (Å²) in [6, 6.07) is 39.9. The molecule has 4 aromatic carbocycles. The maximum atomic E-state index is 6.84. The molecule has 6 aromatic rings. The number of aliphatic imine (C=N–C) groups is 1. The van der Waals surface area contributed by atoms with E-state index in [1.165, 1.54) is 0 Å². The van der Waals surface area contributed by atoms with Crippen molar-refractivity contribution in [3.63, 3.8) is 0 Å². The summed E-state index contributed by atoms with van der Waals surface area (Å²) in [5.41, 5.74) is 3.90. The van der Waals surface area contributed by atoms with Gasteiger partial charge in [-0.25, -0.2) is 9.36 Å². The van der Waals surface area contributed by atoms with Gasteiger partial charge >= 0.3 is 0 Å². The summed E-state index contributed by atoms with van der Waals surface area (Å²) in [5, 5.41) is 22.4. The molecule has 224 valence electrons. The second kappa shape index (κ2) is 14.2. The molecule has 0 saturated heterocycles. The van der Waals surface area contributed by atoms with Crippen LogP contribution in [-0.4, -0.2) is 41.9 Å². The Labute approximate surface area is 261 Å². The van der Waals surface area contributed by atoms with Crippen molar-refractivity contribution in [3.05, 3.63) is 167 Å². The smallest absolute Gasteiger partial charge is 0.204 e. The first-order valence-corrected chi connectivity index (χ1v) is 14.6. The zero-order valence-electron chi connectivity index (χ0n) is 24.7. The minimum atomic E-state index is -1.48. The van der Waals surface area contributed by atoms with Gasteiger partial charge in [0.25, 0.3) is 0 Å². The molecular formula is C35H33N9O. The van der Waals surface area contributed by atoms with Crippen molar-refractivity contribution >= 4 is 11.9 Å². The van der Waals surface area contributed by atoms with E-state index in [2.05, 4.69) is 25.7 Å². The highest BCUT2D eigenvalue weighted by atomic mass is 16.5. The number of ether oxygens (including phenoxy) is 1. The Morgan fingerprint density at radius 1 is 0.644 bits per heavy atom. The molecule has 0 unspecified atom stereocenters. The van der Waals surface area contributed by atoms with Crippen LogP contribution in [0.1, 0.15) is 33.6 Å². The number of nitrogens with zero attached hydrogens (tertiary/aromatic N) is 8. The molecule has 0 aliphatic carbocycles. The van der Waals surface area contributed by atoms with E-state index in [-0.39, 0.29) is 6.61 Å². The molecule has 0 bridgehead atoms. The van der Waals surface area contributed by atoms with Crippen molar-refractivity contribution in [1.82, 2.24) is 30.0 Å². The summed E-state index contributed by atoms with van der Waals surface area (Å²) in [5.74, 6) is 6.15. The summed E-state index contributed by atoms with van der Waals surface area (Å²) >= 11 is 0. The van der Waals surface area contributed by atoms with Gasteiger partial charge in [-0.1, -0.05) is 132 Å². The van der Waals surface area contributed by atoms with Gasteiger partial charge in [-0.3, -0.25) is 4.99 Å². The average Bonchev–Trinajstić information content (AvgIpc) is 3.76. The summed E-state index contributed by atoms with van der Waals surface area (Å²) in [4.78, 5) is 4.71. The van der Waals surface area contributed by atoms with E-state index in [0.717, 1.165) is 22.3 Å². The summed E-state index contributed by atoms with van der Waals surface area (Å²) in [6.45, 7) is 1.67. The Morgan fingerprint density at radius 3 is 1.56 bits per heavy atom. The summed E-state index contributed by atoms with van der Waals surface area (Å²) in [6.07, 6.45) is 5.30. The lowest BCUT2D eigenvalue weighted by Gasteiger charge is -2.29. The molecule has 10 nitrogen and oxygen atoms in total. The standard InChI is InChI=1S/C35H33N9O/c36-38-32(22-37-21-28-13-5-1-6-14-28)35(45-27-31-19-11-4-12-20-31,33-25-43(41-39-33)23-29-15-7-2-8-16-29)34-26-44(42-40-34)24-30-17-9-3-10-18-30/h1-20,22,25-26H,21,23-24,27,36H2. The monoisotopic (exact) mass is 595 g/mol. The average molecular weight is 596 g/mol. The van der Waals surface area contributed by atoms with Crippen molar-refractivity contribution in [2.75, 3.05) is 0 Å². The van der Waals surface area contributed by atoms with Crippen LogP contribution in [0.25, 0.3) is 0 Å². The van der Waals surface area contributed by atoms with E-state index in [1.54, 1.807) is 15.6 Å². The highest BCUT2D eigenvalue weighted by Gasteiger charge is 2.46. The van der Waals surface area contributed by atoms with Crippen molar-refractivity contribution in [3.8, 4) is 0 Å². The third-order valence-corrected chi connectivity index (χ3v) is 7.30. The molecule has 2 N–H and O–H groups in total. The lowest BCUT2D eigenvalue weighted by atomic mass is 9.90. The molecule has 2 heterocycles. The van der Waals surface area contributed by atoms with Crippen LogP contribution in [-0.2, 0) is 36.6 Å². The normalized spacial score (nSPS) is 12.1. The number of aromatic nitrogens is 6. The molecule has 0 fully saturated rings. The van der Waals surface area contributed by atoms with Crippen molar-refractivity contribution in [1.29, 1.82) is 0 Å². The molecule has 0 saturated carbocycles. The molecular weight excluding hydrogens is 562 g/mol. The lowest BCUT2D eigenvalue weighted by molar-refractivity contribution is 0.0166. The molecule has 45 heavy (non-hydrogen) atoms. The predicted molar refractivity (Wildman–Crippen MR) is 173 cm³/mol. The van der Waals surface area contributed by atoms with Crippen LogP contribution in [0, 0.1) is 0 Å². The number of rotatable bonds is 13. The van der Waals surface area contributed by atoms with Gasteiger partial charge in [-0.05, 0) is 22.3 Å². The zero-order valence-corrected chi connectivity index (χ0v) is 24.7. The van der Waals surface area contributed by atoms with Crippen LogP contribution in [0.4, 0.5) is 0 Å². The minimum absolute atomic E-state index is 0.212. The van der Waals surface area contributed by atoms with E-state index >= 15 is 0 Å². The number of hydrogen-bond acceptors (Lipinski definition) is 8. The van der Waals surface area contributed by atoms with Gasteiger partial charge in [-0.15, -0.1) is 10.2 Å². The molecule has 0 atom stereocenters. The third-order valence-electron chi connectivity index (χ3n) is 7.30. The molecule has 0 spiro atoms. The lowest BCUT2D eigenvalue weighted by Crippen LogP contribution is -2.42. The SMILES string of the molecule is NN=C(C=NCc1ccccc1)C(OCc1ccccc1)(c1cn(Cc2ccccc2)nn1)c1cn(Cc2ccccc2)nn1. The van der Waals surface area contributed by atoms with Gasteiger partial charge in [-0.2, -0.15) is 5.10 Å². The van der Waals surface area contributed by atoms with E-state index in [4.69, 9.17) is 15.6 Å². The fourth-order valence-corrected chi connectivity index (χ4v) is 5.03. The maximum Gasteiger partial charge on any atom is 0.204 e. The van der Waals surface area contributed by atoms with Gasteiger partial charge in [0.15, 0.2) is 0 Å².